The van der Waals surface area contributed by atoms with Gasteiger partial charge in [-0.3, -0.25) is 0 Å². The van der Waals surface area contributed by atoms with Gasteiger partial charge >= 0.3 is 0 Å². The summed E-state index contributed by atoms with van der Waals surface area (Å²) in [6, 6.07) is 8.56. The Kier molecular flexibility index (Phi) is 3.64. The van der Waals surface area contributed by atoms with Crippen LogP contribution in [-0.2, 0) is 11.8 Å². The zero-order chi connectivity index (χ0) is 13.3. The normalized spacial score (nSPS) is 29.2. The summed E-state index contributed by atoms with van der Waals surface area (Å²) in [5, 5.41) is 11.0. The molecule has 2 nitrogen and oxygen atoms in total. The largest absolute Gasteiger partial charge is 0.392 e. The summed E-state index contributed by atoms with van der Waals surface area (Å²) in [7, 11) is 0. The minimum atomic E-state index is -0.263. The molecule has 1 fully saturated rings. The second-order valence-corrected chi connectivity index (χ2v) is 6.36. The van der Waals surface area contributed by atoms with E-state index in [1.54, 1.807) is 0 Å². The van der Waals surface area contributed by atoms with E-state index >= 15 is 0 Å². The summed E-state index contributed by atoms with van der Waals surface area (Å²) < 4.78 is 0. The molecule has 0 bridgehead atoms. The molecular weight excluding hydrogens is 234 g/mol. The highest BCUT2D eigenvalue weighted by molar-refractivity contribution is 5.41. The van der Waals surface area contributed by atoms with Gasteiger partial charge in [-0.15, -0.1) is 0 Å². The molecule has 3 rings (SSSR count). The summed E-state index contributed by atoms with van der Waals surface area (Å²) in [5.74, 6) is 0.448. The van der Waals surface area contributed by atoms with E-state index in [9.17, 15) is 5.11 Å². The number of aliphatic hydroxyl groups is 1. The number of aryl methyl sites for hydroxylation is 1. The zero-order valence-corrected chi connectivity index (χ0v) is 11.6. The fraction of sp³-hybridized carbons (Fsp3) is 0.647. The van der Waals surface area contributed by atoms with Gasteiger partial charge in [0.25, 0.3) is 0 Å². The van der Waals surface area contributed by atoms with E-state index in [2.05, 4.69) is 24.3 Å². The first-order chi connectivity index (χ1) is 9.28. The van der Waals surface area contributed by atoms with Crippen molar-refractivity contribution in [1.29, 1.82) is 0 Å². The predicted molar refractivity (Wildman–Crippen MR) is 78.1 cm³/mol. The molecule has 0 aromatic heterocycles. The van der Waals surface area contributed by atoms with Crippen molar-refractivity contribution < 1.29 is 5.11 Å². The maximum Gasteiger partial charge on any atom is 0.0677 e. The lowest BCUT2D eigenvalue weighted by Crippen LogP contribution is -2.48. The van der Waals surface area contributed by atoms with Crippen molar-refractivity contribution in [2.45, 2.75) is 56.5 Å². The fourth-order valence-electron chi connectivity index (χ4n) is 4.26. The molecule has 0 spiro atoms. The first-order valence-corrected chi connectivity index (χ1v) is 7.74. The third-order valence-electron chi connectivity index (χ3n) is 5.42. The number of nitrogens with two attached hydrogens (primary N) is 1. The highest BCUT2D eigenvalue weighted by atomic mass is 16.3. The average Bonchev–Trinajstić information content (AvgIpc) is 2.87. The molecule has 2 atom stereocenters. The lowest BCUT2D eigenvalue weighted by atomic mass is 9.69. The number of benzene rings is 1. The number of hydrogen-bond donors (Lipinski definition) is 2. The SMILES string of the molecule is NCC1(C(O)C2CCCCC2)CCc2ccccc21. The molecule has 2 aliphatic rings. The molecule has 1 aromatic rings. The Hall–Kier alpha value is -0.860. The maximum atomic E-state index is 11.0. The van der Waals surface area contributed by atoms with Gasteiger partial charge in [0, 0.05) is 12.0 Å². The van der Waals surface area contributed by atoms with E-state index in [4.69, 9.17) is 5.73 Å². The fourth-order valence-corrected chi connectivity index (χ4v) is 4.26. The van der Waals surface area contributed by atoms with Crippen LogP contribution in [-0.4, -0.2) is 17.8 Å². The van der Waals surface area contributed by atoms with E-state index in [-0.39, 0.29) is 11.5 Å². The van der Waals surface area contributed by atoms with Gasteiger partial charge in [-0.05, 0) is 42.7 Å². The van der Waals surface area contributed by atoms with E-state index in [0.717, 1.165) is 12.8 Å². The van der Waals surface area contributed by atoms with Crippen molar-refractivity contribution in [2.75, 3.05) is 6.54 Å². The van der Waals surface area contributed by atoms with Crippen molar-refractivity contribution >= 4 is 0 Å². The van der Waals surface area contributed by atoms with Crippen LogP contribution in [0, 0.1) is 5.92 Å². The molecule has 19 heavy (non-hydrogen) atoms. The molecule has 3 N–H and O–H groups in total. The van der Waals surface area contributed by atoms with Crippen LogP contribution in [0.5, 0.6) is 0 Å². The topological polar surface area (TPSA) is 46.2 Å². The van der Waals surface area contributed by atoms with E-state index < -0.39 is 0 Å². The van der Waals surface area contributed by atoms with E-state index in [0.29, 0.717) is 12.5 Å². The Morgan fingerprint density at radius 1 is 1.21 bits per heavy atom. The molecule has 0 amide bonds. The third kappa shape index (κ3) is 2.11. The van der Waals surface area contributed by atoms with Crippen LogP contribution >= 0.6 is 0 Å². The summed E-state index contributed by atoms with van der Waals surface area (Å²) in [4.78, 5) is 0. The summed E-state index contributed by atoms with van der Waals surface area (Å²) in [6.45, 7) is 0.571. The van der Waals surface area contributed by atoms with E-state index in [1.807, 2.05) is 0 Å². The molecule has 0 radical (unpaired) electrons. The molecule has 2 heteroatoms. The number of hydrogen-bond acceptors (Lipinski definition) is 2. The molecule has 104 valence electrons. The van der Waals surface area contributed by atoms with Crippen molar-refractivity contribution in [1.82, 2.24) is 0 Å². The summed E-state index contributed by atoms with van der Waals surface area (Å²) in [5.41, 5.74) is 8.66. The molecular formula is C17H25NO. The Morgan fingerprint density at radius 3 is 2.68 bits per heavy atom. The summed E-state index contributed by atoms with van der Waals surface area (Å²) in [6.07, 6.45) is 8.03. The van der Waals surface area contributed by atoms with Gasteiger partial charge in [0.05, 0.1) is 6.10 Å². The highest BCUT2D eigenvalue weighted by Gasteiger charge is 2.46. The quantitative estimate of drug-likeness (QED) is 0.877. The Bertz CT molecular complexity index is 439. The monoisotopic (exact) mass is 259 g/mol. The van der Waals surface area contributed by atoms with Gasteiger partial charge in [-0.2, -0.15) is 0 Å². The van der Waals surface area contributed by atoms with Gasteiger partial charge in [0.1, 0.15) is 0 Å². The van der Waals surface area contributed by atoms with Crippen molar-refractivity contribution in [3.05, 3.63) is 35.4 Å². The average molecular weight is 259 g/mol. The molecule has 1 saturated carbocycles. The lowest BCUT2D eigenvalue weighted by Gasteiger charge is -2.40. The van der Waals surface area contributed by atoms with Crippen LogP contribution in [0.1, 0.15) is 49.7 Å². The standard InChI is InChI=1S/C17H25NO/c18-12-17(16(19)14-7-2-1-3-8-14)11-10-13-6-4-5-9-15(13)17/h4-6,9,14,16,19H,1-3,7-8,10-12,18H2. The van der Waals surface area contributed by atoms with Gasteiger partial charge in [0.15, 0.2) is 0 Å². The second-order valence-electron chi connectivity index (χ2n) is 6.36. The number of rotatable bonds is 3. The van der Waals surface area contributed by atoms with E-state index in [1.165, 1.54) is 43.2 Å². The van der Waals surface area contributed by atoms with Crippen LogP contribution in [0.3, 0.4) is 0 Å². The summed E-state index contributed by atoms with van der Waals surface area (Å²) >= 11 is 0. The molecule has 0 saturated heterocycles. The Morgan fingerprint density at radius 2 is 1.95 bits per heavy atom. The first-order valence-electron chi connectivity index (χ1n) is 7.74. The molecule has 0 heterocycles. The smallest absolute Gasteiger partial charge is 0.0677 e. The Balaban J connectivity index is 1.91. The van der Waals surface area contributed by atoms with Crippen LogP contribution < -0.4 is 5.73 Å². The maximum absolute atomic E-state index is 11.0. The van der Waals surface area contributed by atoms with Crippen molar-refractivity contribution in [3.8, 4) is 0 Å². The third-order valence-corrected chi connectivity index (χ3v) is 5.42. The van der Waals surface area contributed by atoms with Crippen LogP contribution in [0.4, 0.5) is 0 Å². The van der Waals surface area contributed by atoms with Crippen LogP contribution in [0.2, 0.25) is 0 Å². The van der Waals surface area contributed by atoms with Crippen molar-refractivity contribution in [3.63, 3.8) is 0 Å². The van der Waals surface area contributed by atoms with Crippen LogP contribution in [0.25, 0.3) is 0 Å². The minimum Gasteiger partial charge on any atom is -0.392 e. The second kappa shape index (κ2) is 5.26. The first kappa shape index (κ1) is 13.1. The van der Waals surface area contributed by atoms with Crippen molar-refractivity contribution in [2.24, 2.45) is 11.7 Å². The van der Waals surface area contributed by atoms with Gasteiger partial charge in [-0.25, -0.2) is 0 Å². The highest BCUT2D eigenvalue weighted by Crippen LogP contribution is 2.45. The minimum absolute atomic E-state index is 0.182. The van der Waals surface area contributed by atoms with Gasteiger partial charge in [0.2, 0.25) is 0 Å². The lowest BCUT2D eigenvalue weighted by molar-refractivity contribution is 0.0158. The predicted octanol–water partition coefficient (Wildman–Crippen LogP) is 2.77. The van der Waals surface area contributed by atoms with Gasteiger partial charge < -0.3 is 10.8 Å². The number of aliphatic hydroxyl groups excluding tert-OH is 1. The number of fused-ring (bicyclic) bond motifs is 1. The molecule has 1 aromatic carbocycles. The molecule has 2 unspecified atom stereocenters. The molecule has 2 aliphatic carbocycles. The Labute approximate surface area is 116 Å². The zero-order valence-electron chi connectivity index (χ0n) is 11.6. The molecule has 0 aliphatic heterocycles. The van der Waals surface area contributed by atoms with Crippen LogP contribution in [0.15, 0.2) is 24.3 Å². The van der Waals surface area contributed by atoms with Gasteiger partial charge in [-0.1, -0.05) is 43.5 Å².